The molecular formula is C12H23NO. The van der Waals surface area contributed by atoms with Gasteiger partial charge >= 0.3 is 0 Å². The van der Waals surface area contributed by atoms with Gasteiger partial charge in [-0.3, -0.25) is 0 Å². The molecule has 14 heavy (non-hydrogen) atoms. The van der Waals surface area contributed by atoms with E-state index in [-0.39, 0.29) is 0 Å². The number of ether oxygens (including phenoxy) is 1. The topological polar surface area (TPSA) is 21.3 Å². The van der Waals surface area contributed by atoms with Gasteiger partial charge in [-0.15, -0.1) is 0 Å². The zero-order valence-electron chi connectivity index (χ0n) is 9.51. The maximum Gasteiger partial charge on any atom is 0.0509 e. The Balaban J connectivity index is 1.69. The Morgan fingerprint density at radius 1 is 1.50 bits per heavy atom. The molecule has 2 atom stereocenters. The van der Waals surface area contributed by atoms with Crippen LogP contribution in [0.4, 0.5) is 0 Å². The number of hydrogen-bond donors (Lipinski definition) is 1. The molecule has 2 unspecified atom stereocenters. The molecule has 0 radical (unpaired) electrons. The van der Waals surface area contributed by atoms with Crippen molar-refractivity contribution >= 4 is 0 Å². The van der Waals surface area contributed by atoms with Crippen LogP contribution in [-0.4, -0.2) is 25.8 Å². The fourth-order valence-electron chi connectivity index (χ4n) is 2.32. The van der Waals surface area contributed by atoms with Crippen molar-refractivity contribution in [1.29, 1.82) is 0 Å². The lowest BCUT2D eigenvalue weighted by Crippen LogP contribution is -2.37. The van der Waals surface area contributed by atoms with Crippen molar-refractivity contribution in [3.05, 3.63) is 0 Å². The first-order valence-electron chi connectivity index (χ1n) is 6.07. The van der Waals surface area contributed by atoms with E-state index in [1.54, 1.807) is 0 Å². The van der Waals surface area contributed by atoms with Crippen LogP contribution in [0.5, 0.6) is 0 Å². The largest absolute Gasteiger partial charge is 0.381 e. The van der Waals surface area contributed by atoms with Gasteiger partial charge in [0, 0.05) is 19.2 Å². The Kier molecular flexibility index (Phi) is 3.13. The van der Waals surface area contributed by atoms with E-state index in [4.69, 9.17) is 4.74 Å². The van der Waals surface area contributed by atoms with Crippen molar-refractivity contribution in [3.8, 4) is 0 Å². The molecule has 0 amide bonds. The molecular weight excluding hydrogens is 174 g/mol. The van der Waals surface area contributed by atoms with Crippen LogP contribution in [0.15, 0.2) is 0 Å². The third-order valence-electron chi connectivity index (χ3n) is 4.18. The lowest BCUT2D eigenvalue weighted by atomic mass is 9.98. The molecule has 82 valence electrons. The molecule has 0 aromatic carbocycles. The summed E-state index contributed by atoms with van der Waals surface area (Å²) in [4.78, 5) is 0. The Hall–Kier alpha value is -0.0800. The predicted octanol–water partition coefficient (Wildman–Crippen LogP) is 2.19. The zero-order chi connectivity index (χ0) is 10.0. The summed E-state index contributed by atoms with van der Waals surface area (Å²) in [7, 11) is 0. The van der Waals surface area contributed by atoms with Crippen LogP contribution >= 0.6 is 0 Å². The van der Waals surface area contributed by atoms with E-state index >= 15 is 0 Å². The standard InChI is InChI=1S/C12H23NO/c1-3-12(5-6-12)9-13-10(2)11-4-7-14-8-11/h10-11,13H,3-9H2,1-2H3. The SMILES string of the molecule is CCC1(CNC(C)C2CCOC2)CC1. The Morgan fingerprint density at radius 3 is 2.79 bits per heavy atom. The molecule has 0 aromatic heterocycles. The van der Waals surface area contributed by atoms with Crippen LogP contribution in [-0.2, 0) is 4.74 Å². The number of nitrogens with one attached hydrogen (secondary N) is 1. The van der Waals surface area contributed by atoms with Crippen LogP contribution in [0, 0.1) is 11.3 Å². The van der Waals surface area contributed by atoms with Crippen molar-refractivity contribution in [2.45, 2.75) is 45.6 Å². The molecule has 2 nitrogen and oxygen atoms in total. The van der Waals surface area contributed by atoms with E-state index in [1.807, 2.05) is 0 Å². The van der Waals surface area contributed by atoms with Gasteiger partial charge in [0.1, 0.15) is 0 Å². The highest BCUT2D eigenvalue weighted by Gasteiger charge is 2.40. The second kappa shape index (κ2) is 4.19. The van der Waals surface area contributed by atoms with Crippen LogP contribution < -0.4 is 5.32 Å². The molecule has 1 saturated carbocycles. The fraction of sp³-hybridized carbons (Fsp3) is 1.00. The molecule has 0 spiro atoms. The Bertz CT molecular complexity index is 183. The van der Waals surface area contributed by atoms with Gasteiger partial charge in [0.15, 0.2) is 0 Å². The van der Waals surface area contributed by atoms with E-state index in [9.17, 15) is 0 Å². The minimum Gasteiger partial charge on any atom is -0.381 e. The van der Waals surface area contributed by atoms with E-state index < -0.39 is 0 Å². The maximum absolute atomic E-state index is 5.41. The predicted molar refractivity (Wildman–Crippen MR) is 58.3 cm³/mol. The fourth-order valence-corrected chi connectivity index (χ4v) is 2.32. The van der Waals surface area contributed by atoms with E-state index in [1.165, 1.54) is 32.2 Å². The summed E-state index contributed by atoms with van der Waals surface area (Å²) in [6.45, 7) is 7.78. The van der Waals surface area contributed by atoms with Crippen LogP contribution in [0.1, 0.15) is 39.5 Å². The summed E-state index contributed by atoms with van der Waals surface area (Å²) >= 11 is 0. The van der Waals surface area contributed by atoms with Crippen molar-refractivity contribution < 1.29 is 4.74 Å². The van der Waals surface area contributed by atoms with Gasteiger partial charge in [0.2, 0.25) is 0 Å². The van der Waals surface area contributed by atoms with Crippen LogP contribution in [0.3, 0.4) is 0 Å². The molecule has 2 fully saturated rings. The number of rotatable bonds is 5. The van der Waals surface area contributed by atoms with Crippen LogP contribution in [0.25, 0.3) is 0 Å². The summed E-state index contributed by atoms with van der Waals surface area (Å²) in [5.41, 5.74) is 0.674. The van der Waals surface area contributed by atoms with Crippen molar-refractivity contribution in [2.75, 3.05) is 19.8 Å². The summed E-state index contributed by atoms with van der Waals surface area (Å²) in [6, 6.07) is 0.640. The van der Waals surface area contributed by atoms with Crippen LogP contribution in [0.2, 0.25) is 0 Å². The molecule has 2 rings (SSSR count). The van der Waals surface area contributed by atoms with E-state index in [0.29, 0.717) is 11.5 Å². The minimum absolute atomic E-state index is 0.640. The van der Waals surface area contributed by atoms with Crippen molar-refractivity contribution in [1.82, 2.24) is 5.32 Å². The molecule has 1 N–H and O–H groups in total. The Morgan fingerprint density at radius 2 is 2.29 bits per heavy atom. The quantitative estimate of drug-likeness (QED) is 0.729. The molecule has 2 aliphatic rings. The van der Waals surface area contributed by atoms with Gasteiger partial charge in [-0.1, -0.05) is 6.92 Å². The van der Waals surface area contributed by atoms with E-state index in [2.05, 4.69) is 19.2 Å². The van der Waals surface area contributed by atoms with Gasteiger partial charge in [-0.2, -0.15) is 0 Å². The summed E-state index contributed by atoms with van der Waals surface area (Å²) < 4.78 is 5.41. The maximum atomic E-state index is 5.41. The highest BCUT2D eigenvalue weighted by atomic mass is 16.5. The van der Waals surface area contributed by atoms with Crippen molar-refractivity contribution in [2.24, 2.45) is 11.3 Å². The lowest BCUT2D eigenvalue weighted by molar-refractivity contribution is 0.177. The second-order valence-corrected chi connectivity index (χ2v) is 5.15. The molecule has 1 saturated heterocycles. The molecule has 1 aliphatic heterocycles. The molecule has 0 aromatic rings. The average molecular weight is 197 g/mol. The number of hydrogen-bond acceptors (Lipinski definition) is 2. The lowest BCUT2D eigenvalue weighted by Gasteiger charge is -2.22. The third kappa shape index (κ3) is 2.29. The van der Waals surface area contributed by atoms with Gasteiger partial charge in [-0.05, 0) is 43.9 Å². The van der Waals surface area contributed by atoms with Gasteiger partial charge in [0.25, 0.3) is 0 Å². The summed E-state index contributed by atoms with van der Waals surface area (Å²) in [6.07, 6.45) is 5.45. The highest BCUT2D eigenvalue weighted by Crippen LogP contribution is 2.48. The van der Waals surface area contributed by atoms with Gasteiger partial charge in [-0.25, -0.2) is 0 Å². The molecule has 0 bridgehead atoms. The second-order valence-electron chi connectivity index (χ2n) is 5.15. The van der Waals surface area contributed by atoms with Crippen molar-refractivity contribution in [3.63, 3.8) is 0 Å². The van der Waals surface area contributed by atoms with Gasteiger partial charge in [0.05, 0.1) is 6.61 Å². The first-order valence-corrected chi connectivity index (χ1v) is 6.07. The molecule has 1 heterocycles. The minimum atomic E-state index is 0.640. The monoisotopic (exact) mass is 197 g/mol. The summed E-state index contributed by atoms with van der Waals surface area (Å²) in [5, 5.41) is 3.70. The molecule has 1 aliphatic carbocycles. The average Bonchev–Trinajstić information content (AvgIpc) is 2.78. The Labute approximate surface area is 87.4 Å². The smallest absolute Gasteiger partial charge is 0.0509 e. The molecule has 2 heteroatoms. The normalized spacial score (nSPS) is 31.7. The summed E-state index contributed by atoms with van der Waals surface area (Å²) in [5.74, 6) is 0.752. The first-order chi connectivity index (χ1) is 6.76. The third-order valence-corrected chi connectivity index (χ3v) is 4.18. The van der Waals surface area contributed by atoms with Gasteiger partial charge < -0.3 is 10.1 Å². The first kappa shape index (κ1) is 10.4. The highest BCUT2D eigenvalue weighted by molar-refractivity contribution is 4.94. The van der Waals surface area contributed by atoms with E-state index in [0.717, 1.165) is 19.1 Å². The zero-order valence-corrected chi connectivity index (χ0v) is 9.51.